The number of allylic oxidation sites excluding steroid dienone is 2. The van der Waals surface area contributed by atoms with Gasteiger partial charge in [0.15, 0.2) is 11.6 Å². The molecule has 4 aliphatic rings. The second-order valence-corrected chi connectivity index (χ2v) is 12.2. The van der Waals surface area contributed by atoms with Crippen LogP contribution >= 0.6 is 0 Å². The Hall–Kier alpha value is -2.95. The molecule has 0 N–H and O–H groups in total. The molecule has 3 fully saturated rings. The number of fused-ring (bicyclic) bond motifs is 5. The average Bonchev–Trinajstić information content (AvgIpc) is 3.49. The Kier molecular flexibility index (Phi) is 6.21. The van der Waals surface area contributed by atoms with Crippen LogP contribution < -0.4 is 4.74 Å². The zero-order chi connectivity index (χ0) is 25.6. The van der Waals surface area contributed by atoms with Crippen molar-refractivity contribution in [3.8, 4) is 5.75 Å². The molecule has 0 unspecified atom stereocenters. The molecule has 0 amide bonds. The van der Waals surface area contributed by atoms with Gasteiger partial charge in [-0.2, -0.15) is 0 Å². The monoisotopic (exact) mass is 498 g/mol. The van der Waals surface area contributed by atoms with E-state index < -0.39 is 0 Å². The maximum atomic E-state index is 13.8. The highest BCUT2D eigenvalue weighted by Crippen LogP contribution is 2.65. The number of benzene rings is 1. The number of ether oxygens (including phenoxy) is 1. The normalized spacial score (nSPS) is 34.1. The second kappa shape index (κ2) is 9.41. The first kappa shape index (κ1) is 24.4. The van der Waals surface area contributed by atoms with Crippen LogP contribution in [0.3, 0.4) is 0 Å². The highest BCUT2D eigenvalue weighted by molar-refractivity contribution is 6.06. The number of aryl methyl sites for hydroxylation is 1. The Labute approximate surface area is 220 Å². The van der Waals surface area contributed by atoms with Gasteiger partial charge in [-0.05, 0) is 104 Å². The summed E-state index contributed by atoms with van der Waals surface area (Å²) in [6, 6.07) is 8.14. The minimum Gasteiger partial charge on any atom is -0.494 e. The van der Waals surface area contributed by atoms with E-state index >= 15 is 0 Å². The molecule has 0 bridgehead atoms. The van der Waals surface area contributed by atoms with E-state index in [2.05, 4.69) is 41.6 Å². The van der Waals surface area contributed by atoms with Gasteiger partial charge >= 0.3 is 0 Å². The molecule has 0 spiro atoms. The van der Waals surface area contributed by atoms with Gasteiger partial charge in [0.05, 0.1) is 12.9 Å². The molecule has 6 rings (SSSR count). The van der Waals surface area contributed by atoms with E-state index in [1.54, 1.807) is 6.20 Å². The van der Waals surface area contributed by atoms with Gasteiger partial charge in [-0.1, -0.05) is 31.6 Å². The summed E-state index contributed by atoms with van der Waals surface area (Å²) in [4.78, 5) is 30.0. The van der Waals surface area contributed by atoms with Crippen LogP contribution in [-0.4, -0.2) is 27.7 Å². The minimum atomic E-state index is -0.253. The van der Waals surface area contributed by atoms with E-state index in [4.69, 9.17) is 4.74 Å². The Morgan fingerprint density at radius 1 is 1.11 bits per heavy atom. The van der Waals surface area contributed by atoms with E-state index in [1.807, 2.05) is 30.7 Å². The number of Topliss-reactive ketones (excluding diaryl/α,β-unsaturated/α-hetero) is 1. The zero-order valence-corrected chi connectivity index (χ0v) is 22.1. The lowest BCUT2D eigenvalue weighted by molar-refractivity contribution is -0.130. The van der Waals surface area contributed by atoms with Gasteiger partial charge in [0, 0.05) is 30.8 Å². The summed E-state index contributed by atoms with van der Waals surface area (Å²) in [5.74, 6) is 3.06. The SMILES string of the molecule is C[C@]12CCC(=O)C=C1CC[C@@H]1[C@@H]2CC[C@]2(C)C(=O)/C(=C/c3cccc(OCCCn4ccnc4)c3)C[C@@H]12. The Bertz CT molecular complexity index is 1260. The van der Waals surface area contributed by atoms with E-state index in [0.717, 1.165) is 68.4 Å². The zero-order valence-electron chi connectivity index (χ0n) is 22.1. The number of ketones is 2. The van der Waals surface area contributed by atoms with Crippen molar-refractivity contribution in [2.45, 2.75) is 71.8 Å². The van der Waals surface area contributed by atoms with Gasteiger partial charge in [0.1, 0.15) is 5.75 Å². The third-order valence-electron chi connectivity index (χ3n) is 10.2. The molecule has 1 aromatic heterocycles. The lowest BCUT2D eigenvalue weighted by atomic mass is 9.47. The van der Waals surface area contributed by atoms with E-state index in [1.165, 1.54) is 5.57 Å². The molecule has 0 aliphatic heterocycles. The molecule has 194 valence electrons. The Morgan fingerprint density at radius 3 is 2.84 bits per heavy atom. The van der Waals surface area contributed by atoms with Crippen molar-refractivity contribution >= 4 is 17.6 Å². The third-order valence-corrected chi connectivity index (χ3v) is 10.2. The summed E-state index contributed by atoms with van der Waals surface area (Å²) in [6.07, 6.45) is 17.3. The van der Waals surface area contributed by atoms with Crippen molar-refractivity contribution < 1.29 is 14.3 Å². The van der Waals surface area contributed by atoms with Gasteiger partial charge in [-0.15, -0.1) is 0 Å². The topological polar surface area (TPSA) is 61.2 Å². The molecular formula is C32H38N2O3. The predicted octanol–water partition coefficient (Wildman–Crippen LogP) is 6.45. The number of aromatic nitrogens is 2. The molecule has 1 aromatic carbocycles. The van der Waals surface area contributed by atoms with E-state index in [-0.39, 0.29) is 10.8 Å². The number of carbonyl (C=O) groups excluding carboxylic acids is 2. The smallest absolute Gasteiger partial charge is 0.165 e. The van der Waals surface area contributed by atoms with Crippen LogP contribution in [0.5, 0.6) is 5.75 Å². The van der Waals surface area contributed by atoms with Crippen LogP contribution in [0.1, 0.15) is 70.8 Å². The summed E-state index contributed by atoms with van der Waals surface area (Å²) >= 11 is 0. The molecule has 5 heteroatoms. The van der Waals surface area contributed by atoms with Crippen LogP contribution in [0, 0.1) is 28.6 Å². The van der Waals surface area contributed by atoms with Crippen molar-refractivity contribution in [2.75, 3.05) is 6.61 Å². The fourth-order valence-electron chi connectivity index (χ4n) is 8.11. The van der Waals surface area contributed by atoms with Gasteiger partial charge in [0.25, 0.3) is 0 Å². The number of hydrogen-bond donors (Lipinski definition) is 0. The molecule has 3 saturated carbocycles. The summed E-state index contributed by atoms with van der Waals surface area (Å²) in [5.41, 5.74) is 3.29. The highest BCUT2D eigenvalue weighted by atomic mass is 16.5. The van der Waals surface area contributed by atoms with Crippen molar-refractivity contribution in [1.82, 2.24) is 9.55 Å². The molecule has 0 radical (unpaired) electrons. The summed E-state index contributed by atoms with van der Waals surface area (Å²) < 4.78 is 8.07. The van der Waals surface area contributed by atoms with E-state index in [9.17, 15) is 9.59 Å². The lowest BCUT2D eigenvalue weighted by Gasteiger charge is -2.56. The first-order valence-electron chi connectivity index (χ1n) is 14.0. The van der Waals surface area contributed by atoms with Crippen molar-refractivity contribution in [3.63, 3.8) is 0 Å². The molecule has 2 aromatic rings. The fourth-order valence-corrected chi connectivity index (χ4v) is 8.11. The molecule has 0 saturated heterocycles. The number of hydrogen-bond acceptors (Lipinski definition) is 4. The first-order valence-corrected chi connectivity index (χ1v) is 14.0. The summed E-state index contributed by atoms with van der Waals surface area (Å²) in [6.45, 7) is 6.16. The molecule has 37 heavy (non-hydrogen) atoms. The first-order chi connectivity index (χ1) is 17.9. The maximum Gasteiger partial charge on any atom is 0.165 e. The maximum absolute atomic E-state index is 13.8. The highest BCUT2D eigenvalue weighted by Gasteiger charge is 2.60. The average molecular weight is 499 g/mol. The van der Waals surface area contributed by atoms with E-state index in [0.29, 0.717) is 42.3 Å². The molecule has 4 aliphatic carbocycles. The third kappa shape index (κ3) is 4.30. The van der Waals surface area contributed by atoms with Gasteiger partial charge < -0.3 is 9.30 Å². The van der Waals surface area contributed by atoms with Crippen LogP contribution in [0.4, 0.5) is 0 Å². The van der Waals surface area contributed by atoms with Crippen LogP contribution in [-0.2, 0) is 16.1 Å². The molecule has 1 heterocycles. The van der Waals surface area contributed by atoms with Crippen molar-refractivity contribution in [1.29, 1.82) is 0 Å². The predicted molar refractivity (Wildman–Crippen MR) is 144 cm³/mol. The van der Waals surface area contributed by atoms with Crippen LogP contribution in [0.25, 0.3) is 6.08 Å². The largest absolute Gasteiger partial charge is 0.494 e. The summed E-state index contributed by atoms with van der Waals surface area (Å²) in [5, 5.41) is 0. The molecular weight excluding hydrogens is 460 g/mol. The second-order valence-electron chi connectivity index (χ2n) is 12.2. The van der Waals surface area contributed by atoms with Crippen LogP contribution in [0.15, 0.2) is 60.2 Å². The summed E-state index contributed by atoms with van der Waals surface area (Å²) in [7, 11) is 0. The molecule has 5 atom stereocenters. The quantitative estimate of drug-likeness (QED) is 0.339. The van der Waals surface area contributed by atoms with Crippen molar-refractivity contribution in [2.24, 2.45) is 28.6 Å². The van der Waals surface area contributed by atoms with Gasteiger partial charge in [-0.25, -0.2) is 4.98 Å². The number of imidazole rings is 1. The minimum absolute atomic E-state index is 0.136. The molecule has 5 nitrogen and oxygen atoms in total. The lowest BCUT2D eigenvalue weighted by Crippen LogP contribution is -2.50. The number of rotatable bonds is 6. The van der Waals surface area contributed by atoms with Gasteiger partial charge in [-0.3, -0.25) is 9.59 Å². The number of nitrogens with zero attached hydrogens (tertiary/aromatic N) is 2. The standard InChI is InChI=1S/C32H38N2O3/c1-31-11-9-25(35)20-24(31)7-8-27-28(31)10-12-32(2)29(27)19-23(30(32)36)17-22-5-3-6-26(18-22)37-16-4-14-34-15-13-33-21-34/h3,5-6,13,15,17-18,20-21,27-29H,4,7-12,14,16,19H2,1-2H3/b23-17+/t27-,28+,29+,31+,32+/m1/s1. The number of carbonyl (C=O) groups is 2. The van der Waals surface area contributed by atoms with Crippen LogP contribution in [0.2, 0.25) is 0 Å². The fraction of sp³-hybridized carbons (Fsp3) is 0.531. The van der Waals surface area contributed by atoms with Gasteiger partial charge in [0.2, 0.25) is 0 Å². The Morgan fingerprint density at radius 2 is 2.00 bits per heavy atom. The van der Waals surface area contributed by atoms with Crippen molar-refractivity contribution in [3.05, 3.63) is 65.8 Å². The Balaban J connectivity index is 1.17.